The van der Waals surface area contributed by atoms with Crippen LogP contribution in [0.1, 0.15) is 27.0 Å². The van der Waals surface area contributed by atoms with Gasteiger partial charge in [0.15, 0.2) is 6.61 Å². The molecule has 3 rings (SSSR count). The second-order valence-corrected chi connectivity index (χ2v) is 9.28. The minimum absolute atomic E-state index is 0.0537. The van der Waals surface area contributed by atoms with Crippen molar-refractivity contribution >= 4 is 27.5 Å². The zero-order valence-electron chi connectivity index (χ0n) is 18.8. The maximum atomic E-state index is 13.1. The van der Waals surface area contributed by atoms with E-state index in [9.17, 15) is 22.4 Å². The molecule has 0 aliphatic carbocycles. The van der Waals surface area contributed by atoms with Crippen molar-refractivity contribution in [3.8, 4) is 5.75 Å². The lowest BCUT2D eigenvalue weighted by molar-refractivity contribution is -0.123. The van der Waals surface area contributed by atoms with Gasteiger partial charge in [0.25, 0.3) is 21.8 Å². The molecule has 3 aromatic carbocycles. The molecule has 0 unspecified atom stereocenters. The maximum absolute atomic E-state index is 13.1. The number of amides is 2. The molecule has 0 atom stereocenters. The number of benzene rings is 3. The first-order valence-corrected chi connectivity index (χ1v) is 11.7. The van der Waals surface area contributed by atoms with Crippen molar-refractivity contribution in [2.24, 2.45) is 0 Å². The predicted octanol–water partition coefficient (Wildman–Crippen LogP) is 3.39. The van der Waals surface area contributed by atoms with Gasteiger partial charge in [-0.15, -0.1) is 0 Å². The van der Waals surface area contributed by atoms with E-state index in [0.717, 1.165) is 23.3 Å². The molecule has 0 saturated carbocycles. The van der Waals surface area contributed by atoms with Crippen LogP contribution in [0, 0.1) is 26.6 Å². The highest BCUT2D eigenvalue weighted by Gasteiger charge is 2.19. The van der Waals surface area contributed by atoms with Crippen LogP contribution in [0.15, 0.2) is 65.6 Å². The molecule has 0 aromatic heterocycles. The monoisotopic (exact) mass is 485 g/mol. The molecule has 10 heteroatoms. The summed E-state index contributed by atoms with van der Waals surface area (Å²) in [5.74, 6) is -1.20. The number of anilines is 1. The van der Waals surface area contributed by atoms with E-state index in [1.54, 1.807) is 6.92 Å². The number of hydrogen-bond donors (Lipinski definition) is 3. The normalized spacial score (nSPS) is 10.9. The van der Waals surface area contributed by atoms with Gasteiger partial charge in [0.1, 0.15) is 11.6 Å². The number of aryl methyl sites for hydroxylation is 3. The summed E-state index contributed by atoms with van der Waals surface area (Å²) in [5.41, 5.74) is 6.99. The molecule has 178 valence electrons. The molecular weight excluding hydrogens is 461 g/mol. The lowest BCUT2D eigenvalue weighted by Gasteiger charge is -2.14. The average molecular weight is 486 g/mol. The maximum Gasteiger partial charge on any atom is 0.276 e. The Labute approximate surface area is 197 Å². The van der Waals surface area contributed by atoms with E-state index in [2.05, 4.69) is 15.6 Å². The molecule has 0 fully saturated rings. The molecule has 0 saturated heterocycles. The third-order valence-electron chi connectivity index (χ3n) is 4.93. The van der Waals surface area contributed by atoms with Crippen LogP contribution in [0.5, 0.6) is 5.75 Å². The van der Waals surface area contributed by atoms with Crippen LogP contribution in [0.2, 0.25) is 0 Å². The van der Waals surface area contributed by atoms with E-state index < -0.39 is 27.7 Å². The van der Waals surface area contributed by atoms with Crippen LogP contribution in [-0.2, 0) is 14.8 Å². The van der Waals surface area contributed by atoms with Gasteiger partial charge in [-0.25, -0.2) is 12.8 Å². The largest absolute Gasteiger partial charge is 0.483 e. The number of halogens is 1. The van der Waals surface area contributed by atoms with Crippen molar-refractivity contribution in [1.82, 2.24) is 10.9 Å². The van der Waals surface area contributed by atoms with Gasteiger partial charge in [0.05, 0.1) is 4.90 Å². The number of sulfonamides is 1. The van der Waals surface area contributed by atoms with Crippen molar-refractivity contribution in [3.05, 3.63) is 88.7 Å². The van der Waals surface area contributed by atoms with Crippen LogP contribution in [0.25, 0.3) is 0 Å². The third-order valence-corrected chi connectivity index (χ3v) is 6.31. The number of para-hydroxylation sites is 1. The SMILES string of the molecule is Cc1ccc(S(=O)(=O)Nc2ccc(F)cc2)cc1C(=O)NNC(=O)COc1c(C)cccc1C. The molecule has 0 radical (unpaired) electrons. The van der Waals surface area contributed by atoms with Gasteiger partial charge < -0.3 is 4.74 Å². The van der Waals surface area contributed by atoms with E-state index in [0.29, 0.717) is 11.3 Å². The number of ether oxygens (including phenoxy) is 1. The number of rotatable bonds is 7. The highest BCUT2D eigenvalue weighted by molar-refractivity contribution is 7.92. The fourth-order valence-electron chi connectivity index (χ4n) is 3.14. The fourth-order valence-corrected chi connectivity index (χ4v) is 4.22. The Balaban J connectivity index is 1.65. The highest BCUT2D eigenvalue weighted by Crippen LogP contribution is 2.22. The summed E-state index contributed by atoms with van der Waals surface area (Å²) in [7, 11) is -4.04. The van der Waals surface area contributed by atoms with Gasteiger partial charge in [0.2, 0.25) is 0 Å². The van der Waals surface area contributed by atoms with Gasteiger partial charge in [-0.1, -0.05) is 24.3 Å². The standard InChI is InChI=1S/C24H24FN3O5S/c1-15-7-12-20(34(31,32)28-19-10-8-18(25)9-11-19)13-21(15)24(30)27-26-22(29)14-33-23-16(2)5-4-6-17(23)3/h4-13,28H,14H2,1-3H3,(H,26,29)(H,27,30). The van der Waals surface area contributed by atoms with Crippen LogP contribution in [0.4, 0.5) is 10.1 Å². The molecule has 8 nitrogen and oxygen atoms in total. The molecule has 3 N–H and O–H groups in total. The molecule has 2 amide bonds. The topological polar surface area (TPSA) is 114 Å². The number of carbonyl (C=O) groups excluding carboxylic acids is 2. The molecule has 0 bridgehead atoms. The number of carbonyl (C=O) groups is 2. The summed E-state index contributed by atoms with van der Waals surface area (Å²) in [6, 6.07) is 14.4. The van der Waals surface area contributed by atoms with E-state index in [-0.39, 0.29) is 22.8 Å². The second-order valence-electron chi connectivity index (χ2n) is 7.60. The lowest BCUT2D eigenvalue weighted by atomic mass is 10.1. The Morgan fingerprint density at radius 2 is 1.53 bits per heavy atom. The second kappa shape index (κ2) is 10.3. The smallest absolute Gasteiger partial charge is 0.276 e. The lowest BCUT2D eigenvalue weighted by Crippen LogP contribution is -2.44. The summed E-state index contributed by atoms with van der Waals surface area (Å²) in [6.07, 6.45) is 0. The Morgan fingerprint density at radius 1 is 0.882 bits per heavy atom. The summed E-state index contributed by atoms with van der Waals surface area (Å²) in [6.45, 7) is 5.03. The van der Waals surface area contributed by atoms with Gasteiger partial charge in [-0.05, 0) is 73.9 Å². The zero-order chi connectivity index (χ0) is 24.9. The van der Waals surface area contributed by atoms with Crippen LogP contribution < -0.4 is 20.3 Å². The van der Waals surface area contributed by atoms with Crippen molar-refractivity contribution in [1.29, 1.82) is 0 Å². The average Bonchev–Trinajstić information content (AvgIpc) is 2.78. The van der Waals surface area contributed by atoms with E-state index in [1.165, 1.54) is 30.3 Å². The van der Waals surface area contributed by atoms with Crippen molar-refractivity contribution in [2.45, 2.75) is 25.7 Å². The zero-order valence-corrected chi connectivity index (χ0v) is 19.6. The molecule has 3 aromatic rings. The number of hydrazine groups is 1. The number of hydrogen-bond acceptors (Lipinski definition) is 5. The predicted molar refractivity (Wildman–Crippen MR) is 125 cm³/mol. The van der Waals surface area contributed by atoms with E-state index in [1.807, 2.05) is 32.0 Å². The quantitative estimate of drug-likeness (QED) is 0.444. The van der Waals surface area contributed by atoms with Gasteiger partial charge in [-0.3, -0.25) is 25.2 Å². The first kappa shape index (κ1) is 24.7. The van der Waals surface area contributed by atoms with Crippen molar-refractivity contribution in [2.75, 3.05) is 11.3 Å². The summed E-state index contributed by atoms with van der Waals surface area (Å²) < 4.78 is 46.3. The molecule has 0 aliphatic heterocycles. The van der Waals surface area contributed by atoms with Crippen molar-refractivity contribution < 1.29 is 27.1 Å². The molecule has 0 spiro atoms. The Morgan fingerprint density at radius 3 is 2.18 bits per heavy atom. The van der Waals surface area contributed by atoms with Crippen LogP contribution >= 0.6 is 0 Å². The van der Waals surface area contributed by atoms with Gasteiger partial charge in [0, 0.05) is 11.3 Å². The molecular formula is C24H24FN3O5S. The third kappa shape index (κ3) is 6.10. The number of nitrogens with one attached hydrogen (secondary N) is 3. The molecule has 0 heterocycles. The molecule has 0 aliphatic rings. The van der Waals surface area contributed by atoms with E-state index in [4.69, 9.17) is 4.74 Å². The Hall–Kier alpha value is -3.92. The summed E-state index contributed by atoms with van der Waals surface area (Å²) in [4.78, 5) is 24.6. The molecule has 34 heavy (non-hydrogen) atoms. The summed E-state index contributed by atoms with van der Waals surface area (Å²) >= 11 is 0. The minimum atomic E-state index is -4.04. The Bertz CT molecular complexity index is 1300. The first-order chi connectivity index (χ1) is 16.1. The highest BCUT2D eigenvalue weighted by atomic mass is 32.2. The Kier molecular flexibility index (Phi) is 7.52. The summed E-state index contributed by atoms with van der Waals surface area (Å²) in [5, 5.41) is 0. The van der Waals surface area contributed by atoms with E-state index >= 15 is 0 Å². The first-order valence-electron chi connectivity index (χ1n) is 10.2. The van der Waals surface area contributed by atoms with Gasteiger partial charge in [-0.2, -0.15) is 0 Å². The van der Waals surface area contributed by atoms with Crippen LogP contribution in [-0.4, -0.2) is 26.8 Å². The van der Waals surface area contributed by atoms with Crippen LogP contribution in [0.3, 0.4) is 0 Å². The minimum Gasteiger partial charge on any atom is -0.483 e. The van der Waals surface area contributed by atoms with Gasteiger partial charge >= 0.3 is 0 Å². The fraction of sp³-hybridized carbons (Fsp3) is 0.167. The van der Waals surface area contributed by atoms with Crippen molar-refractivity contribution in [3.63, 3.8) is 0 Å².